The molecule has 170 valence electrons. The summed E-state index contributed by atoms with van der Waals surface area (Å²) in [6.45, 7) is 1.62. The molecule has 1 heterocycles. The molecular formula is C24H29N3O5. The Labute approximate surface area is 187 Å². The van der Waals surface area contributed by atoms with Gasteiger partial charge in [0.25, 0.3) is 0 Å². The van der Waals surface area contributed by atoms with Crippen molar-refractivity contribution >= 4 is 17.6 Å². The Morgan fingerprint density at radius 2 is 1.81 bits per heavy atom. The maximum Gasteiger partial charge on any atom is 0.319 e. The Kier molecular flexibility index (Phi) is 8.24. The third-order valence-electron chi connectivity index (χ3n) is 5.18. The van der Waals surface area contributed by atoms with Crippen molar-refractivity contribution in [1.29, 1.82) is 0 Å². The first-order chi connectivity index (χ1) is 15.5. The highest BCUT2D eigenvalue weighted by atomic mass is 16.5. The lowest BCUT2D eigenvalue weighted by Gasteiger charge is -2.32. The maximum atomic E-state index is 12.4. The van der Waals surface area contributed by atoms with Gasteiger partial charge in [0.15, 0.2) is 0 Å². The average molecular weight is 440 g/mol. The number of amides is 3. The Bertz CT molecular complexity index is 934. The second-order valence-electron chi connectivity index (χ2n) is 7.51. The van der Waals surface area contributed by atoms with Crippen molar-refractivity contribution < 1.29 is 24.2 Å². The molecule has 8 nitrogen and oxygen atoms in total. The van der Waals surface area contributed by atoms with Crippen LogP contribution in [0.5, 0.6) is 5.75 Å². The van der Waals surface area contributed by atoms with Crippen LogP contribution in [0.1, 0.15) is 24.9 Å². The van der Waals surface area contributed by atoms with Crippen molar-refractivity contribution in [1.82, 2.24) is 10.6 Å². The highest BCUT2D eigenvalue weighted by Gasteiger charge is 2.29. The second kappa shape index (κ2) is 11.3. The predicted octanol–water partition coefficient (Wildman–Crippen LogP) is 2.77. The van der Waals surface area contributed by atoms with Crippen LogP contribution in [0.4, 0.5) is 10.5 Å². The van der Waals surface area contributed by atoms with E-state index in [4.69, 9.17) is 9.47 Å². The van der Waals surface area contributed by atoms with Gasteiger partial charge >= 0.3 is 6.03 Å². The Morgan fingerprint density at radius 3 is 2.53 bits per heavy atom. The molecule has 0 aromatic heterocycles. The molecule has 32 heavy (non-hydrogen) atoms. The highest BCUT2D eigenvalue weighted by molar-refractivity contribution is 5.91. The van der Waals surface area contributed by atoms with Gasteiger partial charge in [0.05, 0.1) is 44.0 Å². The van der Waals surface area contributed by atoms with Gasteiger partial charge in [-0.15, -0.1) is 0 Å². The van der Waals surface area contributed by atoms with E-state index in [1.807, 2.05) is 37.3 Å². The van der Waals surface area contributed by atoms with Gasteiger partial charge in [-0.05, 0) is 24.6 Å². The summed E-state index contributed by atoms with van der Waals surface area (Å²) in [4.78, 5) is 24.8. The lowest BCUT2D eigenvalue weighted by Crippen LogP contribution is -2.50. The van der Waals surface area contributed by atoms with E-state index in [0.717, 1.165) is 5.56 Å². The molecule has 4 atom stereocenters. The minimum absolute atomic E-state index is 0.115. The van der Waals surface area contributed by atoms with E-state index in [9.17, 15) is 14.7 Å². The van der Waals surface area contributed by atoms with Crippen LogP contribution in [0.3, 0.4) is 0 Å². The van der Waals surface area contributed by atoms with E-state index in [1.165, 1.54) is 7.11 Å². The molecule has 0 bridgehead atoms. The minimum Gasteiger partial charge on any atom is -0.495 e. The van der Waals surface area contributed by atoms with E-state index < -0.39 is 24.3 Å². The molecule has 0 spiro atoms. The number of para-hydroxylation sites is 2. The summed E-state index contributed by atoms with van der Waals surface area (Å²) in [5, 5.41) is 18.2. The molecule has 2 aromatic rings. The number of methoxy groups -OCH3 is 1. The summed E-state index contributed by atoms with van der Waals surface area (Å²) in [6, 6.07) is 15.6. The van der Waals surface area contributed by atoms with Gasteiger partial charge in [0.1, 0.15) is 11.9 Å². The Balaban J connectivity index is 1.53. The van der Waals surface area contributed by atoms with Gasteiger partial charge in [-0.25, -0.2) is 4.79 Å². The van der Waals surface area contributed by atoms with E-state index in [2.05, 4.69) is 16.0 Å². The van der Waals surface area contributed by atoms with Gasteiger partial charge in [-0.1, -0.05) is 54.6 Å². The SMILES string of the molecule is COc1ccccc1NC(=O)N[C@@H]1C=C[C@H](CC(=O)N[C@H](C)c2ccccc2)O[C@H]1CO. The number of aliphatic hydroxyl groups is 1. The third kappa shape index (κ3) is 6.32. The lowest BCUT2D eigenvalue weighted by atomic mass is 10.0. The first kappa shape index (κ1) is 23.3. The summed E-state index contributed by atoms with van der Waals surface area (Å²) < 4.78 is 11.1. The van der Waals surface area contributed by atoms with Crippen LogP contribution >= 0.6 is 0 Å². The Morgan fingerprint density at radius 1 is 1.09 bits per heavy atom. The van der Waals surface area contributed by atoms with Crippen molar-refractivity contribution in [2.45, 2.75) is 37.6 Å². The number of ether oxygens (including phenoxy) is 2. The topological polar surface area (TPSA) is 109 Å². The largest absolute Gasteiger partial charge is 0.495 e. The molecule has 0 fully saturated rings. The number of hydrogen-bond acceptors (Lipinski definition) is 5. The van der Waals surface area contributed by atoms with Crippen LogP contribution in [-0.4, -0.2) is 49.0 Å². The van der Waals surface area contributed by atoms with E-state index >= 15 is 0 Å². The summed E-state index contributed by atoms with van der Waals surface area (Å²) in [5.41, 5.74) is 1.54. The minimum atomic E-state index is -0.673. The van der Waals surface area contributed by atoms with Crippen LogP contribution in [-0.2, 0) is 9.53 Å². The van der Waals surface area contributed by atoms with Gasteiger partial charge in [0.2, 0.25) is 5.91 Å². The molecule has 0 saturated carbocycles. The zero-order valence-corrected chi connectivity index (χ0v) is 18.2. The number of carbonyl (C=O) groups is 2. The van der Waals surface area contributed by atoms with E-state index in [-0.39, 0.29) is 25.0 Å². The highest BCUT2D eigenvalue weighted by Crippen LogP contribution is 2.23. The van der Waals surface area contributed by atoms with Gasteiger partial charge in [-0.3, -0.25) is 4.79 Å². The predicted molar refractivity (Wildman–Crippen MR) is 121 cm³/mol. The lowest BCUT2D eigenvalue weighted by molar-refractivity contribution is -0.125. The van der Waals surface area contributed by atoms with Crippen molar-refractivity contribution in [2.24, 2.45) is 0 Å². The summed E-state index contributed by atoms with van der Waals surface area (Å²) >= 11 is 0. The van der Waals surface area contributed by atoms with Crippen molar-refractivity contribution in [2.75, 3.05) is 19.0 Å². The van der Waals surface area contributed by atoms with Crippen molar-refractivity contribution in [3.05, 3.63) is 72.3 Å². The molecular weight excluding hydrogens is 410 g/mol. The molecule has 0 unspecified atom stereocenters. The van der Waals surface area contributed by atoms with Crippen LogP contribution in [0.2, 0.25) is 0 Å². The number of benzene rings is 2. The first-order valence-electron chi connectivity index (χ1n) is 10.5. The second-order valence-corrected chi connectivity index (χ2v) is 7.51. The molecule has 4 N–H and O–H groups in total. The zero-order chi connectivity index (χ0) is 22.9. The summed E-state index contributed by atoms with van der Waals surface area (Å²) in [5.74, 6) is 0.376. The standard InChI is InChI=1S/C24H29N3O5/c1-16(17-8-4-3-5-9-17)25-23(29)14-18-12-13-20(22(15-28)32-18)27-24(30)26-19-10-6-7-11-21(19)31-2/h3-13,16,18,20,22,28H,14-15H2,1-2H3,(H,25,29)(H2,26,27,30)/t16-,18-,20-,22+/m1/s1. The monoisotopic (exact) mass is 439 g/mol. The smallest absolute Gasteiger partial charge is 0.319 e. The number of anilines is 1. The van der Waals surface area contributed by atoms with Crippen molar-refractivity contribution in [3.8, 4) is 5.75 Å². The maximum absolute atomic E-state index is 12.4. The third-order valence-corrected chi connectivity index (χ3v) is 5.18. The number of aliphatic hydroxyl groups excluding tert-OH is 1. The Hall–Kier alpha value is -3.36. The van der Waals surface area contributed by atoms with E-state index in [0.29, 0.717) is 11.4 Å². The fraction of sp³-hybridized carbons (Fsp3) is 0.333. The molecule has 0 saturated heterocycles. The number of rotatable bonds is 8. The molecule has 8 heteroatoms. The number of urea groups is 1. The van der Waals surface area contributed by atoms with Crippen molar-refractivity contribution in [3.63, 3.8) is 0 Å². The first-order valence-corrected chi connectivity index (χ1v) is 10.5. The van der Waals surface area contributed by atoms with Crippen LogP contribution in [0.15, 0.2) is 66.7 Å². The summed E-state index contributed by atoms with van der Waals surface area (Å²) in [7, 11) is 1.52. The molecule has 0 radical (unpaired) electrons. The number of hydrogen-bond donors (Lipinski definition) is 4. The van der Waals surface area contributed by atoms with Gasteiger partial charge < -0.3 is 30.5 Å². The van der Waals surface area contributed by atoms with Crippen LogP contribution < -0.4 is 20.7 Å². The molecule has 0 aliphatic carbocycles. The number of nitrogens with one attached hydrogen (secondary N) is 3. The van der Waals surface area contributed by atoms with Crippen LogP contribution in [0, 0.1) is 0 Å². The molecule has 1 aliphatic rings. The fourth-order valence-electron chi connectivity index (χ4n) is 3.50. The average Bonchev–Trinajstić information content (AvgIpc) is 2.80. The molecule has 3 amide bonds. The fourth-order valence-corrected chi connectivity index (χ4v) is 3.50. The van der Waals surface area contributed by atoms with Gasteiger partial charge in [-0.2, -0.15) is 0 Å². The molecule has 2 aromatic carbocycles. The molecule has 3 rings (SSSR count). The van der Waals surface area contributed by atoms with E-state index in [1.54, 1.807) is 36.4 Å². The summed E-state index contributed by atoms with van der Waals surface area (Å²) in [6.07, 6.45) is 2.42. The van der Waals surface area contributed by atoms with Crippen LogP contribution in [0.25, 0.3) is 0 Å². The number of carbonyl (C=O) groups excluding carboxylic acids is 2. The van der Waals surface area contributed by atoms with Gasteiger partial charge in [0, 0.05) is 0 Å². The molecule has 1 aliphatic heterocycles. The quantitative estimate of drug-likeness (QED) is 0.473. The zero-order valence-electron chi connectivity index (χ0n) is 18.2. The normalized spacial score (nSPS) is 20.8.